The number of carbonyl (C=O) groups is 1. The Balaban J connectivity index is 1.61. The van der Waals surface area contributed by atoms with E-state index in [9.17, 15) is 4.79 Å². The van der Waals surface area contributed by atoms with Gasteiger partial charge in [-0.25, -0.2) is 0 Å². The Kier molecular flexibility index (Phi) is 8.98. The highest BCUT2D eigenvalue weighted by Crippen LogP contribution is 2.37. The molecular weight excluding hydrogens is 462 g/mol. The maximum absolute atomic E-state index is 12.7. The molecule has 1 saturated carbocycles. The average molecular weight is 506 g/mol. The van der Waals surface area contributed by atoms with Crippen molar-refractivity contribution in [3.05, 3.63) is 70.0 Å². The van der Waals surface area contributed by atoms with Crippen LogP contribution >= 0.6 is 0 Å². The van der Waals surface area contributed by atoms with Crippen molar-refractivity contribution in [2.45, 2.75) is 71.6 Å². The standard InChI is InChI=1S/C30H43N5O2/c1-5-37-29(36)17-27(26-13-14-28(32-4)30(31)21(26)3)23-12-11-20(2)24(15-23)16-25-18-33-34-35(25)19-22-9-7-6-8-10-22/h11-15,18,22,27,32-34H,5-10,16-17,19,31H2,1-4H3. The number of benzene rings is 2. The number of allylic oxidation sites excluding steroid dienone is 1. The molecule has 37 heavy (non-hydrogen) atoms. The van der Waals surface area contributed by atoms with Gasteiger partial charge in [0.25, 0.3) is 0 Å². The summed E-state index contributed by atoms with van der Waals surface area (Å²) in [4.78, 5) is 12.7. The Bertz CT molecular complexity index is 1120. The lowest BCUT2D eigenvalue weighted by atomic mass is 9.83. The molecule has 1 fully saturated rings. The Morgan fingerprint density at radius 1 is 1.19 bits per heavy atom. The first-order chi connectivity index (χ1) is 17.9. The normalized spacial score (nSPS) is 16.8. The highest BCUT2D eigenvalue weighted by molar-refractivity contribution is 5.75. The second-order valence-electron chi connectivity index (χ2n) is 10.4. The van der Waals surface area contributed by atoms with Crippen LogP contribution < -0.4 is 22.0 Å². The molecule has 0 radical (unpaired) electrons. The monoisotopic (exact) mass is 505 g/mol. The quantitative estimate of drug-likeness (QED) is 0.257. The van der Waals surface area contributed by atoms with Crippen molar-refractivity contribution in [2.24, 2.45) is 5.92 Å². The summed E-state index contributed by atoms with van der Waals surface area (Å²) >= 11 is 0. The Hall–Kier alpha value is -3.19. The fourth-order valence-electron chi connectivity index (χ4n) is 5.71. The molecule has 7 heteroatoms. The van der Waals surface area contributed by atoms with Gasteiger partial charge in [0.1, 0.15) is 0 Å². The summed E-state index contributed by atoms with van der Waals surface area (Å²) in [6.45, 7) is 7.43. The maximum Gasteiger partial charge on any atom is 0.306 e. The Labute approximate surface area is 221 Å². The van der Waals surface area contributed by atoms with Crippen LogP contribution in [0.3, 0.4) is 0 Å². The molecule has 2 aliphatic rings. The Morgan fingerprint density at radius 3 is 2.70 bits per heavy atom. The minimum atomic E-state index is -0.198. The molecule has 5 N–H and O–H groups in total. The van der Waals surface area contributed by atoms with E-state index in [2.05, 4.69) is 58.7 Å². The van der Waals surface area contributed by atoms with E-state index in [0.29, 0.717) is 12.3 Å². The summed E-state index contributed by atoms with van der Waals surface area (Å²) in [6, 6.07) is 10.7. The van der Waals surface area contributed by atoms with Crippen LogP contribution in [-0.2, 0) is 16.0 Å². The van der Waals surface area contributed by atoms with Crippen LogP contribution in [0.2, 0.25) is 0 Å². The molecule has 200 valence electrons. The van der Waals surface area contributed by atoms with Crippen molar-refractivity contribution in [3.63, 3.8) is 0 Å². The molecule has 0 bridgehead atoms. The van der Waals surface area contributed by atoms with E-state index in [4.69, 9.17) is 10.5 Å². The van der Waals surface area contributed by atoms with Gasteiger partial charge in [-0.15, -0.1) is 5.53 Å². The number of nitrogens with zero attached hydrogens (tertiary/aromatic N) is 1. The zero-order chi connectivity index (χ0) is 26.4. The summed E-state index contributed by atoms with van der Waals surface area (Å²) in [6.07, 6.45) is 9.83. The molecule has 0 saturated heterocycles. The molecule has 2 aromatic rings. The Morgan fingerprint density at radius 2 is 1.97 bits per heavy atom. The van der Waals surface area contributed by atoms with Gasteiger partial charge in [0, 0.05) is 32.1 Å². The number of hydrogen-bond donors (Lipinski definition) is 4. The maximum atomic E-state index is 12.7. The van der Waals surface area contributed by atoms with E-state index in [1.807, 2.05) is 27.0 Å². The van der Waals surface area contributed by atoms with Gasteiger partial charge in [0.2, 0.25) is 0 Å². The van der Waals surface area contributed by atoms with Crippen molar-refractivity contribution >= 4 is 17.3 Å². The number of nitrogens with one attached hydrogen (secondary N) is 3. The third-order valence-corrected chi connectivity index (χ3v) is 7.98. The lowest BCUT2D eigenvalue weighted by molar-refractivity contribution is -0.143. The van der Waals surface area contributed by atoms with Crippen LogP contribution in [0, 0.1) is 19.8 Å². The number of hydrogen-bond acceptors (Lipinski definition) is 7. The molecular formula is C30H43N5O2. The van der Waals surface area contributed by atoms with E-state index >= 15 is 0 Å². The van der Waals surface area contributed by atoms with Crippen LogP contribution in [0.15, 0.2) is 42.2 Å². The van der Waals surface area contributed by atoms with Gasteiger partial charge >= 0.3 is 5.97 Å². The third kappa shape index (κ3) is 6.39. The SMILES string of the molecule is CCOC(=O)CC(c1ccc(C)c(CC2=CNNN2CC2CCCCC2)c1)c1ccc(NC)c(N)c1C. The smallest absolute Gasteiger partial charge is 0.306 e. The van der Waals surface area contributed by atoms with Crippen LogP contribution in [0.5, 0.6) is 0 Å². The predicted octanol–water partition coefficient (Wildman–Crippen LogP) is 5.30. The summed E-state index contributed by atoms with van der Waals surface area (Å²) in [7, 11) is 1.87. The minimum absolute atomic E-state index is 0.140. The highest BCUT2D eigenvalue weighted by Gasteiger charge is 2.25. The first-order valence-corrected chi connectivity index (χ1v) is 13.7. The highest BCUT2D eigenvalue weighted by atomic mass is 16.5. The number of nitrogens with two attached hydrogens (primary N) is 1. The number of hydrazine groups is 2. The first-order valence-electron chi connectivity index (χ1n) is 13.7. The fraction of sp³-hybridized carbons (Fsp3) is 0.500. The van der Waals surface area contributed by atoms with Gasteiger partial charge < -0.3 is 21.2 Å². The summed E-state index contributed by atoms with van der Waals surface area (Å²) in [5, 5.41) is 5.43. The largest absolute Gasteiger partial charge is 0.466 e. The number of nitrogen functional groups attached to an aromatic ring is 1. The van der Waals surface area contributed by atoms with Gasteiger partial charge in [-0.3, -0.25) is 9.80 Å². The molecule has 1 heterocycles. The van der Waals surface area contributed by atoms with Gasteiger partial charge in [-0.05, 0) is 73.4 Å². The van der Waals surface area contributed by atoms with Crippen molar-refractivity contribution in [1.82, 2.24) is 16.0 Å². The zero-order valence-electron chi connectivity index (χ0n) is 22.8. The number of rotatable bonds is 10. The number of esters is 1. The molecule has 1 aliphatic carbocycles. The van der Waals surface area contributed by atoms with Crippen molar-refractivity contribution in [1.29, 1.82) is 0 Å². The molecule has 0 aromatic heterocycles. The number of anilines is 2. The van der Waals surface area contributed by atoms with E-state index in [1.165, 1.54) is 48.9 Å². The van der Waals surface area contributed by atoms with Gasteiger partial charge in [0.05, 0.1) is 30.1 Å². The third-order valence-electron chi connectivity index (χ3n) is 7.98. The molecule has 1 atom stereocenters. The fourth-order valence-corrected chi connectivity index (χ4v) is 5.71. The van der Waals surface area contributed by atoms with Crippen molar-refractivity contribution < 1.29 is 9.53 Å². The van der Waals surface area contributed by atoms with Crippen LogP contribution in [0.4, 0.5) is 11.4 Å². The predicted molar refractivity (Wildman–Crippen MR) is 151 cm³/mol. The molecule has 1 aliphatic heterocycles. The summed E-state index contributed by atoms with van der Waals surface area (Å²) in [5.41, 5.74) is 21.5. The van der Waals surface area contributed by atoms with Crippen LogP contribution in [-0.4, -0.2) is 31.2 Å². The second kappa shape index (κ2) is 12.4. The zero-order valence-corrected chi connectivity index (χ0v) is 22.8. The van der Waals surface area contributed by atoms with Crippen LogP contribution in [0.25, 0.3) is 0 Å². The van der Waals surface area contributed by atoms with Crippen LogP contribution in [0.1, 0.15) is 79.2 Å². The average Bonchev–Trinajstić information content (AvgIpc) is 3.33. The van der Waals surface area contributed by atoms with Gasteiger partial charge in [-0.2, -0.15) is 0 Å². The molecule has 1 unspecified atom stereocenters. The van der Waals surface area contributed by atoms with Gasteiger partial charge in [0.15, 0.2) is 0 Å². The number of ether oxygens (including phenoxy) is 1. The van der Waals surface area contributed by atoms with Gasteiger partial charge in [-0.1, -0.05) is 43.5 Å². The lowest BCUT2D eigenvalue weighted by Gasteiger charge is -2.29. The molecule has 4 rings (SSSR count). The first kappa shape index (κ1) is 26.9. The molecule has 0 spiro atoms. The number of carbonyl (C=O) groups excluding carboxylic acids is 1. The van der Waals surface area contributed by atoms with Crippen molar-refractivity contribution in [3.8, 4) is 0 Å². The van der Waals surface area contributed by atoms with Crippen molar-refractivity contribution in [2.75, 3.05) is 31.2 Å². The topological polar surface area (TPSA) is 91.6 Å². The molecule has 0 amide bonds. The minimum Gasteiger partial charge on any atom is -0.466 e. The van der Waals surface area contributed by atoms with E-state index in [0.717, 1.165) is 41.3 Å². The number of aryl methyl sites for hydroxylation is 1. The van der Waals surface area contributed by atoms with E-state index in [1.54, 1.807) is 0 Å². The summed E-state index contributed by atoms with van der Waals surface area (Å²) in [5.74, 6) is 0.398. The molecule has 7 nitrogen and oxygen atoms in total. The second-order valence-corrected chi connectivity index (χ2v) is 10.4. The lowest BCUT2D eigenvalue weighted by Crippen LogP contribution is -2.41. The molecule has 2 aromatic carbocycles. The summed E-state index contributed by atoms with van der Waals surface area (Å²) < 4.78 is 5.36. The van der Waals surface area contributed by atoms with E-state index in [-0.39, 0.29) is 18.3 Å². The van der Waals surface area contributed by atoms with E-state index < -0.39 is 0 Å².